The highest BCUT2D eigenvalue weighted by atomic mass is 35.5. The Balaban J connectivity index is 1.51. The van der Waals surface area contributed by atoms with Crippen LogP contribution in [0.5, 0.6) is 0 Å². The molecule has 0 bridgehead atoms. The molecule has 2 fully saturated rings. The molecule has 1 saturated carbocycles. The average molecular weight is 567 g/mol. The molecule has 9 nitrogen and oxygen atoms in total. The maximum Gasteiger partial charge on any atom is 0.224 e. The molecule has 37 heavy (non-hydrogen) atoms. The summed E-state index contributed by atoms with van der Waals surface area (Å²) in [6.07, 6.45) is 6.38. The van der Waals surface area contributed by atoms with Crippen LogP contribution in [-0.4, -0.2) is 43.7 Å². The van der Waals surface area contributed by atoms with Gasteiger partial charge in [0.05, 0.1) is 27.5 Å². The van der Waals surface area contributed by atoms with Crippen LogP contribution in [0.25, 0.3) is 11.2 Å². The molecule has 0 radical (unpaired) electrons. The van der Waals surface area contributed by atoms with Crippen LogP contribution in [0.3, 0.4) is 0 Å². The third-order valence-electron chi connectivity index (χ3n) is 7.17. The molecule has 1 atom stereocenters. The summed E-state index contributed by atoms with van der Waals surface area (Å²) in [6, 6.07) is 3.50. The Hall–Kier alpha value is -2.33. The molecule has 1 aliphatic carbocycles. The number of nitrogens with zero attached hydrogens (tertiary/aromatic N) is 4. The van der Waals surface area contributed by atoms with E-state index in [1.54, 1.807) is 18.3 Å². The fraction of sp³-hybridized carbons (Fsp3) is 0.520. The van der Waals surface area contributed by atoms with E-state index in [1.165, 1.54) is 0 Å². The zero-order valence-electron chi connectivity index (χ0n) is 20.7. The second kappa shape index (κ2) is 10.4. The number of halogens is 3. The predicted octanol–water partition coefficient (Wildman–Crippen LogP) is 6.12. The Morgan fingerprint density at radius 2 is 1.81 bits per heavy atom. The van der Waals surface area contributed by atoms with Crippen LogP contribution in [-0.2, 0) is 9.53 Å². The first-order valence-corrected chi connectivity index (χ1v) is 13.6. The number of carbonyl (C=O) groups is 1. The van der Waals surface area contributed by atoms with E-state index in [9.17, 15) is 4.79 Å². The Bertz CT molecular complexity index is 1300. The molecule has 3 aromatic rings. The van der Waals surface area contributed by atoms with Gasteiger partial charge in [0.1, 0.15) is 5.52 Å². The third kappa shape index (κ3) is 5.74. The minimum absolute atomic E-state index is 0.0534. The number of ether oxygens (including phenoxy) is 1. The normalized spacial score (nSPS) is 23.6. The first kappa shape index (κ1) is 26.3. The number of hydrogen-bond donors (Lipinski definition) is 3. The largest absolute Gasteiger partial charge is 0.375 e. The van der Waals surface area contributed by atoms with Crippen molar-refractivity contribution in [2.24, 2.45) is 11.7 Å². The number of nitrogens with one attached hydrogen (secondary N) is 2. The van der Waals surface area contributed by atoms with Gasteiger partial charge in [-0.1, -0.05) is 34.8 Å². The molecule has 0 spiro atoms. The van der Waals surface area contributed by atoms with E-state index in [1.807, 2.05) is 0 Å². The number of imidazole rings is 1. The molecule has 5 rings (SSSR count). The summed E-state index contributed by atoms with van der Waals surface area (Å²) in [5.41, 5.74) is 7.21. The Labute approximate surface area is 230 Å². The molecule has 198 valence electrons. The fourth-order valence-electron chi connectivity index (χ4n) is 5.32. The van der Waals surface area contributed by atoms with Crippen molar-refractivity contribution < 1.29 is 9.53 Å². The first-order valence-electron chi connectivity index (χ1n) is 12.5. The van der Waals surface area contributed by atoms with Gasteiger partial charge in [0, 0.05) is 29.6 Å². The number of nitrogens with two attached hydrogens (primary N) is 1. The van der Waals surface area contributed by atoms with Crippen molar-refractivity contribution in [1.29, 1.82) is 0 Å². The molecular weight excluding hydrogens is 537 g/mol. The van der Waals surface area contributed by atoms with E-state index < -0.39 is 0 Å². The summed E-state index contributed by atoms with van der Waals surface area (Å²) in [7, 11) is 0. The van der Waals surface area contributed by atoms with Crippen LogP contribution in [0.4, 0.5) is 17.6 Å². The van der Waals surface area contributed by atoms with Crippen molar-refractivity contribution >= 4 is 69.5 Å². The lowest BCUT2D eigenvalue weighted by Crippen LogP contribution is -2.40. The summed E-state index contributed by atoms with van der Waals surface area (Å²) >= 11 is 19.0. The number of rotatable bonds is 6. The molecule has 2 aromatic heterocycles. The van der Waals surface area contributed by atoms with Gasteiger partial charge in [-0.15, -0.1) is 0 Å². The van der Waals surface area contributed by atoms with Crippen LogP contribution in [0, 0.1) is 5.92 Å². The van der Waals surface area contributed by atoms with E-state index in [0.29, 0.717) is 63.3 Å². The van der Waals surface area contributed by atoms with Crippen LogP contribution >= 0.6 is 34.8 Å². The molecule has 1 saturated heterocycles. The minimum atomic E-state index is -0.250. The van der Waals surface area contributed by atoms with Gasteiger partial charge in [0.2, 0.25) is 17.8 Å². The van der Waals surface area contributed by atoms with Crippen molar-refractivity contribution in [2.45, 2.75) is 70.1 Å². The van der Waals surface area contributed by atoms with E-state index in [4.69, 9.17) is 55.2 Å². The summed E-state index contributed by atoms with van der Waals surface area (Å²) in [4.78, 5) is 26.0. The molecule has 1 amide bonds. The minimum Gasteiger partial charge on any atom is -0.375 e. The topological polar surface area (TPSA) is 120 Å². The Morgan fingerprint density at radius 1 is 1.11 bits per heavy atom. The average Bonchev–Trinajstić information content (AvgIpc) is 3.18. The van der Waals surface area contributed by atoms with Gasteiger partial charge in [-0.3, -0.25) is 9.36 Å². The number of amides is 1. The number of fused-ring (bicyclic) bond motifs is 1. The fourth-order valence-corrected chi connectivity index (χ4v) is 6.24. The smallest absolute Gasteiger partial charge is 0.224 e. The van der Waals surface area contributed by atoms with Crippen LogP contribution < -0.4 is 16.4 Å². The van der Waals surface area contributed by atoms with Crippen molar-refractivity contribution in [1.82, 2.24) is 19.5 Å². The molecule has 2 aliphatic rings. The van der Waals surface area contributed by atoms with Crippen molar-refractivity contribution in [3.8, 4) is 0 Å². The number of aromatic nitrogens is 4. The molecule has 3 heterocycles. The van der Waals surface area contributed by atoms with Gasteiger partial charge in [-0.05, 0) is 64.5 Å². The Morgan fingerprint density at radius 3 is 2.46 bits per heavy atom. The maximum atomic E-state index is 11.8. The zero-order chi connectivity index (χ0) is 26.3. The van der Waals surface area contributed by atoms with E-state index >= 15 is 0 Å². The monoisotopic (exact) mass is 565 g/mol. The summed E-state index contributed by atoms with van der Waals surface area (Å²) < 4.78 is 7.91. The van der Waals surface area contributed by atoms with Gasteiger partial charge in [-0.2, -0.15) is 4.98 Å². The van der Waals surface area contributed by atoms with E-state index in [-0.39, 0.29) is 29.5 Å². The molecule has 12 heteroatoms. The number of anilines is 3. The molecule has 4 N–H and O–H groups in total. The van der Waals surface area contributed by atoms with Crippen molar-refractivity contribution in [3.05, 3.63) is 33.4 Å². The molecule has 0 unspecified atom stereocenters. The lowest BCUT2D eigenvalue weighted by atomic mass is 9.85. The standard InChI is InChI=1S/C25H30Cl3N7O2/c1-25(2)11-15(7-8-37-25)31-23-30-12-19-22(34-23)35(16-5-3-13(4-6-16)21(29)36)24(32-19)33-20-17(27)9-14(26)10-18(20)28/h9-10,12-13,15-16H,3-8,11H2,1-2H3,(H2,29,36)(H,32,33)(H,30,31,34)/t13?,15-,16?/m1/s1. The molecular formula is C25H30Cl3N7O2. The summed E-state index contributed by atoms with van der Waals surface area (Å²) in [5, 5.41) is 7.98. The number of carbonyl (C=O) groups excluding carboxylic acids is 1. The SMILES string of the molecule is CC1(C)C[C@H](Nc2ncc3nc(Nc4c(Cl)cc(Cl)cc4Cl)n(C4CCC(C(N)=O)CC4)c3n2)CCO1. The first-order chi connectivity index (χ1) is 17.6. The van der Waals surface area contributed by atoms with Gasteiger partial charge in [0.15, 0.2) is 5.65 Å². The van der Waals surface area contributed by atoms with Crippen LogP contribution in [0.1, 0.15) is 58.4 Å². The highest BCUT2D eigenvalue weighted by Gasteiger charge is 2.31. The second-order valence-electron chi connectivity index (χ2n) is 10.4. The van der Waals surface area contributed by atoms with Gasteiger partial charge in [0.25, 0.3) is 0 Å². The maximum absolute atomic E-state index is 11.8. The van der Waals surface area contributed by atoms with E-state index in [0.717, 1.165) is 25.7 Å². The zero-order valence-corrected chi connectivity index (χ0v) is 23.0. The lowest BCUT2D eigenvalue weighted by molar-refractivity contribution is -0.122. The third-order valence-corrected chi connectivity index (χ3v) is 7.99. The lowest BCUT2D eigenvalue weighted by Gasteiger charge is -2.35. The van der Waals surface area contributed by atoms with Crippen molar-refractivity contribution in [2.75, 3.05) is 17.2 Å². The Kier molecular flexibility index (Phi) is 7.42. The molecule has 1 aromatic carbocycles. The number of benzene rings is 1. The highest BCUT2D eigenvalue weighted by Crippen LogP contribution is 2.40. The summed E-state index contributed by atoms with van der Waals surface area (Å²) in [6.45, 7) is 4.87. The highest BCUT2D eigenvalue weighted by molar-refractivity contribution is 6.41. The van der Waals surface area contributed by atoms with E-state index in [2.05, 4.69) is 34.0 Å². The van der Waals surface area contributed by atoms with Crippen LogP contribution in [0.15, 0.2) is 18.3 Å². The predicted molar refractivity (Wildman–Crippen MR) is 147 cm³/mol. The quantitative estimate of drug-likeness (QED) is 0.329. The summed E-state index contributed by atoms with van der Waals surface area (Å²) in [5.74, 6) is 0.713. The second-order valence-corrected chi connectivity index (χ2v) is 11.7. The van der Waals surface area contributed by atoms with Crippen LogP contribution in [0.2, 0.25) is 15.1 Å². The number of primary amides is 1. The van der Waals surface area contributed by atoms with Gasteiger partial charge >= 0.3 is 0 Å². The van der Waals surface area contributed by atoms with Crippen molar-refractivity contribution in [3.63, 3.8) is 0 Å². The molecule has 1 aliphatic heterocycles. The van der Waals surface area contributed by atoms with Gasteiger partial charge < -0.3 is 21.1 Å². The van der Waals surface area contributed by atoms with Gasteiger partial charge in [-0.25, -0.2) is 9.97 Å². The number of hydrogen-bond acceptors (Lipinski definition) is 7.